The van der Waals surface area contributed by atoms with Crippen LogP contribution in [0.15, 0.2) is 63.6 Å². The third-order valence-corrected chi connectivity index (χ3v) is 14.7. The molecule has 0 aliphatic rings. The van der Waals surface area contributed by atoms with Crippen molar-refractivity contribution in [2.45, 2.75) is 103 Å². The summed E-state index contributed by atoms with van der Waals surface area (Å²) in [5.41, 5.74) is 11.0. The van der Waals surface area contributed by atoms with E-state index in [1.165, 1.54) is 28.5 Å². The molecule has 0 aliphatic heterocycles. The molecule has 0 bridgehead atoms. The van der Waals surface area contributed by atoms with Crippen molar-refractivity contribution in [3.63, 3.8) is 0 Å². The number of benzene rings is 2. The molecule has 0 amide bonds. The van der Waals surface area contributed by atoms with Crippen LogP contribution < -0.4 is 0 Å². The number of fused-ring (bicyclic) bond motifs is 2. The van der Waals surface area contributed by atoms with Crippen molar-refractivity contribution < 1.29 is 9.47 Å². The van der Waals surface area contributed by atoms with Gasteiger partial charge < -0.3 is 18.6 Å². The highest BCUT2D eigenvalue weighted by molar-refractivity contribution is 9.10. The van der Waals surface area contributed by atoms with Crippen molar-refractivity contribution in [3.05, 3.63) is 81.1 Å². The Hall–Kier alpha value is -3.30. The molecule has 9 nitrogen and oxygen atoms in total. The SMILES string of the molecule is CSc1nc(-c2ccc(C)cc2C)c2c(Br)cn(COCC[Si](C)(C)C)c2n1.CSc1nc(-c2ccc(C)cc2C)c2c(C#N)cn(COCC[Si](C)(C)C)c2n1. The van der Waals surface area contributed by atoms with Crippen LogP contribution in [0.2, 0.25) is 51.4 Å². The van der Waals surface area contributed by atoms with Gasteiger partial charge in [0.1, 0.15) is 30.8 Å². The fraction of sp³-hybridized carbons (Fsp3) is 0.419. The Morgan fingerprint density at radius 1 is 0.667 bits per heavy atom. The molecule has 0 aliphatic carbocycles. The molecular weight excluding hydrogens is 847 g/mol. The first-order chi connectivity index (χ1) is 26.9. The van der Waals surface area contributed by atoms with Gasteiger partial charge in [-0.2, -0.15) is 5.26 Å². The molecule has 0 atom stereocenters. The first kappa shape index (κ1) is 44.8. The molecule has 6 aromatic rings. The molecule has 57 heavy (non-hydrogen) atoms. The van der Waals surface area contributed by atoms with Gasteiger partial charge in [-0.25, -0.2) is 19.9 Å². The number of hydrogen-bond donors (Lipinski definition) is 0. The van der Waals surface area contributed by atoms with Gasteiger partial charge in [0, 0.05) is 57.4 Å². The molecule has 302 valence electrons. The summed E-state index contributed by atoms with van der Waals surface area (Å²) in [5, 5.41) is 13.1. The van der Waals surface area contributed by atoms with Gasteiger partial charge in [-0.1, -0.05) is 110 Å². The second-order valence-electron chi connectivity index (χ2n) is 16.9. The number of halogens is 1. The maximum absolute atomic E-state index is 9.78. The zero-order valence-electron chi connectivity index (χ0n) is 35.5. The normalized spacial score (nSPS) is 11.9. The van der Waals surface area contributed by atoms with Crippen molar-refractivity contribution in [1.82, 2.24) is 29.1 Å². The second kappa shape index (κ2) is 19.2. The summed E-state index contributed by atoms with van der Waals surface area (Å²) >= 11 is 6.81. The highest BCUT2D eigenvalue weighted by Gasteiger charge is 2.21. The van der Waals surface area contributed by atoms with Crippen LogP contribution >= 0.6 is 39.5 Å². The molecule has 0 saturated heterocycles. The van der Waals surface area contributed by atoms with Gasteiger partial charge in [0.25, 0.3) is 0 Å². The number of ether oxygens (including phenoxy) is 2. The third-order valence-electron chi connectivity index (χ3n) is 9.56. The molecule has 0 spiro atoms. The highest BCUT2D eigenvalue weighted by atomic mass is 79.9. The van der Waals surface area contributed by atoms with Gasteiger partial charge in [0.15, 0.2) is 10.3 Å². The van der Waals surface area contributed by atoms with Crippen LogP contribution in [0.25, 0.3) is 44.6 Å². The van der Waals surface area contributed by atoms with Crippen LogP contribution in [-0.4, -0.2) is 70.9 Å². The molecule has 0 N–H and O–H groups in total. The van der Waals surface area contributed by atoms with Crippen LogP contribution in [0.4, 0.5) is 0 Å². The molecule has 4 aromatic heterocycles. The lowest BCUT2D eigenvalue weighted by Gasteiger charge is -2.16. The van der Waals surface area contributed by atoms with Crippen molar-refractivity contribution in [1.29, 1.82) is 5.26 Å². The van der Waals surface area contributed by atoms with Crippen molar-refractivity contribution in [2.75, 3.05) is 25.7 Å². The predicted molar refractivity (Wildman–Crippen MR) is 249 cm³/mol. The standard InChI is InChI=1S/C22H28N4OSSi.C21H28BrN3OSSi/c1-15-7-8-18(16(2)11-15)20-19-17(12-23)13-26(14-27-9-10-29(4,5)6)21(19)25-22(24-20)28-3;1-14-7-8-16(15(2)11-14)19-18-17(22)12-25(13-26-9-10-28(4,5)6)20(18)24-21(23-19)27-3/h7-8,11,13H,9-10,14H2,1-6H3;7-8,11-12H,9-10,13H2,1-6H3. The summed E-state index contributed by atoms with van der Waals surface area (Å²) < 4.78 is 16.9. The fourth-order valence-electron chi connectivity index (χ4n) is 6.38. The Labute approximate surface area is 357 Å². The lowest BCUT2D eigenvalue weighted by Crippen LogP contribution is -2.22. The van der Waals surface area contributed by atoms with Gasteiger partial charge in [-0.15, -0.1) is 0 Å². The zero-order chi connectivity index (χ0) is 41.7. The molecular formula is C43H56BrN7O2S2Si2. The molecule has 2 aromatic carbocycles. The summed E-state index contributed by atoms with van der Waals surface area (Å²) in [6, 6.07) is 17.4. The monoisotopic (exact) mass is 901 g/mol. The lowest BCUT2D eigenvalue weighted by atomic mass is 10.00. The van der Waals surface area contributed by atoms with E-state index in [-0.39, 0.29) is 0 Å². The van der Waals surface area contributed by atoms with Crippen LogP contribution in [-0.2, 0) is 22.9 Å². The topological polar surface area (TPSA) is 104 Å². The van der Waals surface area contributed by atoms with E-state index in [0.29, 0.717) is 24.2 Å². The Bertz CT molecular complexity index is 2410. The predicted octanol–water partition coefficient (Wildman–Crippen LogP) is 12.1. The number of nitrogens with zero attached hydrogens (tertiary/aromatic N) is 7. The summed E-state index contributed by atoms with van der Waals surface area (Å²) in [4.78, 5) is 19.1. The van der Waals surface area contributed by atoms with E-state index in [1.54, 1.807) is 11.8 Å². The number of hydrogen-bond acceptors (Lipinski definition) is 9. The summed E-state index contributed by atoms with van der Waals surface area (Å²) in [6.07, 6.45) is 7.88. The van der Waals surface area contributed by atoms with Crippen molar-refractivity contribution >= 4 is 77.7 Å². The Morgan fingerprint density at radius 3 is 1.53 bits per heavy atom. The molecule has 0 radical (unpaired) electrons. The number of thioether (sulfide) groups is 2. The van der Waals surface area contributed by atoms with E-state index in [1.807, 2.05) is 23.3 Å². The molecule has 0 unspecified atom stereocenters. The van der Waals surface area contributed by atoms with Gasteiger partial charge >= 0.3 is 0 Å². The fourth-order valence-corrected chi connectivity index (χ4v) is 9.23. The first-order valence-electron chi connectivity index (χ1n) is 19.2. The second-order valence-corrected chi connectivity index (χ2v) is 30.6. The quantitative estimate of drug-likeness (QED) is 0.0457. The largest absolute Gasteiger partial charge is 0.361 e. The zero-order valence-corrected chi connectivity index (χ0v) is 40.7. The molecule has 6 rings (SSSR count). The van der Waals surface area contributed by atoms with Gasteiger partial charge in [0.05, 0.1) is 27.7 Å². The number of aromatic nitrogens is 6. The van der Waals surface area contributed by atoms with E-state index < -0.39 is 16.1 Å². The maximum Gasteiger partial charge on any atom is 0.189 e. The lowest BCUT2D eigenvalue weighted by molar-refractivity contribution is 0.0897. The van der Waals surface area contributed by atoms with Crippen LogP contribution in [0.1, 0.15) is 27.8 Å². The minimum absolute atomic E-state index is 0.389. The van der Waals surface area contributed by atoms with E-state index in [0.717, 1.165) is 85.1 Å². The smallest absolute Gasteiger partial charge is 0.189 e. The highest BCUT2D eigenvalue weighted by Crippen LogP contribution is 2.37. The average molecular weight is 903 g/mol. The van der Waals surface area contributed by atoms with Crippen molar-refractivity contribution in [3.8, 4) is 28.6 Å². The Kier molecular flexibility index (Phi) is 15.1. The van der Waals surface area contributed by atoms with E-state index in [4.69, 9.17) is 29.4 Å². The van der Waals surface area contributed by atoms with E-state index in [2.05, 4.69) is 136 Å². The Balaban J connectivity index is 0.000000218. The van der Waals surface area contributed by atoms with E-state index in [9.17, 15) is 5.26 Å². The molecule has 14 heteroatoms. The number of aryl methyl sites for hydroxylation is 4. The van der Waals surface area contributed by atoms with Gasteiger partial charge in [0.2, 0.25) is 0 Å². The Morgan fingerprint density at radius 2 is 1.11 bits per heavy atom. The number of rotatable bonds is 14. The number of nitriles is 1. The first-order valence-corrected chi connectivity index (χ1v) is 29.8. The van der Waals surface area contributed by atoms with Gasteiger partial charge in [-0.05, 0) is 79.4 Å². The minimum atomic E-state index is -1.15. The maximum atomic E-state index is 9.78. The summed E-state index contributed by atoms with van der Waals surface area (Å²) in [7, 11) is -2.24. The van der Waals surface area contributed by atoms with Crippen LogP contribution in [0, 0.1) is 39.0 Å². The van der Waals surface area contributed by atoms with Crippen LogP contribution in [0.3, 0.4) is 0 Å². The summed E-state index contributed by atoms with van der Waals surface area (Å²) in [6.45, 7) is 24.9. The third kappa shape index (κ3) is 11.5. The molecule has 4 heterocycles. The molecule has 0 saturated carbocycles. The van der Waals surface area contributed by atoms with Crippen LogP contribution in [0.5, 0.6) is 0 Å². The van der Waals surface area contributed by atoms with E-state index >= 15 is 0 Å². The average Bonchev–Trinajstić information content (AvgIpc) is 3.67. The minimum Gasteiger partial charge on any atom is -0.361 e. The van der Waals surface area contributed by atoms with Crippen molar-refractivity contribution in [2.24, 2.45) is 0 Å². The van der Waals surface area contributed by atoms with Gasteiger partial charge in [-0.3, -0.25) is 0 Å². The summed E-state index contributed by atoms with van der Waals surface area (Å²) in [5.74, 6) is 0. The molecule has 0 fully saturated rings.